The van der Waals surface area contributed by atoms with Crippen LogP contribution in [0.2, 0.25) is 0 Å². The second-order valence-electron chi connectivity index (χ2n) is 4.16. The zero-order valence-electron chi connectivity index (χ0n) is 10.9. The van der Waals surface area contributed by atoms with Crippen LogP contribution in [0.4, 0.5) is 5.13 Å². The lowest BCUT2D eigenvalue weighted by Crippen LogP contribution is -2.07. The Morgan fingerprint density at radius 1 is 1.35 bits per heavy atom. The minimum atomic E-state index is -0.228. The molecular formula is C12H13N3O3S2. The molecular weight excluding hydrogens is 298 g/mol. The average molecular weight is 311 g/mol. The first-order valence-corrected chi connectivity index (χ1v) is 7.46. The van der Waals surface area contributed by atoms with Crippen molar-refractivity contribution in [1.29, 1.82) is 0 Å². The molecule has 0 atom stereocenters. The normalized spacial score (nSPS) is 10.5. The van der Waals surface area contributed by atoms with Crippen LogP contribution in [0, 0.1) is 0 Å². The van der Waals surface area contributed by atoms with Crippen molar-refractivity contribution in [1.82, 2.24) is 10.2 Å². The number of anilines is 1. The molecule has 1 heterocycles. The molecule has 0 amide bonds. The van der Waals surface area contributed by atoms with Crippen LogP contribution in [0.5, 0.6) is 11.5 Å². The van der Waals surface area contributed by atoms with E-state index in [-0.39, 0.29) is 28.6 Å². The predicted molar refractivity (Wildman–Crippen MR) is 79.1 cm³/mol. The summed E-state index contributed by atoms with van der Waals surface area (Å²) in [5.74, 6) is -0.372. The number of carbonyl (C=O) groups excluding carboxylic acids is 1. The molecule has 0 aliphatic rings. The number of hydrogen-bond acceptors (Lipinski definition) is 8. The van der Waals surface area contributed by atoms with Gasteiger partial charge in [0.25, 0.3) is 0 Å². The smallest absolute Gasteiger partial charge is 0.208 e. The molecule has 0 aliphatic heterocycles. The topological polar surface area (TPSA) is 86.6 Å². The molecule has 106 valence electrons. The number of benzene rings is 1. The fourth-order valence-corrected chi connectivity index (χ4v) is 3.05. The largest absolute Gasteiger partial charge is 0.508 e. The van der Waals surface area contributed by atoms with E-state index in [0.717, 1.165) is 11.2 Å². The zero-order valence-corrected chi connectivity index (χ0v) is 12.5. The number of thioether (sulfide) groups is 1. The molecule has 0 unspecified atom stereocenters. The van der Waals surface area contributed by atoms with Crippen LogP contribution in [0.25, 0.3) is 0 Å². The number of nitrogens with zero attached hydrogens (tertiary/aromatic N) is 3. The second kappa shape index (κ2) is 6.10. The van der Waals surface area contributed by atoms with E-state index in [1.54, 1.807) is 0 Å². The highest BCUT2D eigenvalue weighted by Crippen LogP contribution is 2.29. The Bertz CT molecular complexity index is 628. The van der Waals surface area contributed by atoms with E-state index in [1.807, 2.05) is 19.0 Å². The van der Waals surface area contributed by atoms with Crippen LogP contribution in [0.1, 0.15) is 10.4 Å². The maximum absolute atomic E-state index is 12.0. The number of aromatic nitrogens is 2. The molecule has 20 heavy (non-hydrogen) atoms. The maximum atomic E-state index is 12.0. The van der Waals surface area contributed by atoms with Crippen LogP contribution in [-0.2, 0) is 0 Å². The minimum absolute atomic E-state index is 0.0774. The fourth-order valence-electron chi connectivity index (χ4n) is 1.40. The molecule has 1 aromatic carbocycles. The van der Waals surface area contributed by atoms with Gasteiger partial charge < -0.3 is 15.1 Å². The molecule has 0 spiro atoms. The molecule has 1 aromatic heterocycles. The lowest BCUT2D eigenvalue weighted by molar-refractivity contribution is 0.102. The number of rotatable bonds is 5. The molecule has 0 radical (unpaired) electrons. The molecule has 0 bridgehead atoms. The molecule has 0 aliphatic carbocycles. The number of hydrogen-bond donors (Lipinski definition) is 2. The Balaban J connectivity index is 2.01. The van der Waals surface area contributed by atoms with E-state index < -0.39 is 0 Å². The van der Waals surface area contributed by atoms with Crippen LogP contribution >= 0.6 is 23.1 Å². The first-order chi connectivity index (χ1) is 9.47. The number of phenols is 2. The fraction of sp³-hybridized carbons (Fsp3) is 0.250. The average Bonchev–Trinajstić information content (AvgIpc) is 2.85. The van der Waals surface area contributed by atoms with Crippen LogP contribution < -0.4 is 4.90 Å². The molecule has 0 saturated carbocycles. The van der Waals surface area contributed by atoms with Gasteiger partial charge in [-0.25, -0.2) is 0 Å². The van der Waals surface area contributed by atoms with Gasteiger partial charge in [0.2, 0.25) is 5.13 Å². The van der Waals surface area contributed by atoms with E-state index >= 15 is 0 Å². The summed E-state index contributed by atoms with van der Waals surface area (Å²) < 4.78 is 0.695. The monoisotopic (exact) mass is 311 g/mol. The first kappa shape index (κ1) is 14.6. The van der Waals surface area contributed by atoms with E-state index in [1.165, 1.54) is 35.2 Å². The Hall–Kier alpha value is -1.80. The predicted octanol–water partition coefficient (Wildman–Crippen LogP) is 1.99. The van der Waals surface area contributed by atoms with Crippen molar-refractivity contribution in [3.8, 4) is 11.5 Å². The van der Waals surface area contributed by atoms with E-state index in [2.05, 4.69) is 10.2 Å². The molecule has 2 N–H and O–H groups in total. The third kappa shape index (κ3) is 3.40. The molecule has 2 aromatic rings. The lowest BCUT2D eigenvalue weighted by Gasteiger charge is -2.04. The van der Waals surface area contributed by atoms with Gasteiger partial charge >= 0.3 is 0 Å². The third-order valence-electron chi connectivity index (χ3n) is 2.39. The lowest BCUT2D eigenvalue weighted by atomic mass is 10.1. The SMILES string of the molecule is CN(C)c1nnc(SCC(=O)c2ccc(O)cc2O)s1. The van der Waals surface area contributed by atoms with Gasteiger partial charge in [0.1, 0.15) is 11.5 Å². The molecule has 0 saturated heterocycles. The Morgan fingerprint density at radius 2 is 2.10 bits per heavy atom. The molecule has 8 heteroatoms. The Morgan fingerprint density at radius 3 is 2.70 bits per heavy atom. The van der Waals surface area contributed by atoms with Gasteiger partial charge in [-0.3, -0.25) is 4.79 Å². The van der Waals surface area contributed by atoms with Crippen LogP contribution in [0.15, 0.2) is 22.5 Å². The summed E-state index contributed by atoms with van der Waals surface area (Å²) in [5.41, 5.74) is 0.188. The summed E-state index contributed by atoms with van der Waals surface area (Å²) in [4.78, 5) is 13.8. The van der Waals surface area contributed by atoms with Crippen molar-refractivity contribution in [2.75, 3.05) is 24.7 Å². The number of Topliss-reactive ketones (excluding diaryl/α,β-unsaturated/α-hetero) is 1. The van der Waals surface area contributed by atoms with Gasteiger partial charge in [-0.2, -0.15) is 0 Å². The molecule has 6 nitrogen and oxygen atoms in total. The Labute approximate surface area is 124 Å². The van der Waals surface area contributed by atoms with Gasteiger partial charge in [0.05, 0.1) is 11.3 Å². The van der Waals surface area contributed by atoms with Crippen molar-refractivity contribution >= 4 is 34.0 Å². The standard InChI is InChI=1S/C12H13N3O3S2/c1-15(2)11-13-14-12(20-11)19-6-10(18)8-4-3-7(16)5-9(8)17/h3-5,16-17H,6H2,1-2H3. The van der Waals surface area contributed by atoms with Crippen LogP contribution in [0.3, 0.4) is 0 Å². The van der Waals surface area contributed by atoms with Crippen molar-refractivity contribution in [3.63, 3.8) is 0 Å². The first-order valence-electron chi connectivity index (χ1n) is 5.66. The minimum Gasteiger partial charge on any atom is -0.508 e. The summed E-state index contributed by atoms with van der Waals surface area (Å²) in [6.45, 7) is 0. The van der Waals surface area contributed by atoms with E-state index in [9.17, 15) is 15.0 Å². The highest BCUT2D eigenvalue weighted by molar-refractivity contribution is 8.01. The van der Waals surface area contributed by atoms with Gasteiger partial charge in [-0.1, -0.05) is 23.1 Å². The van der Waals surface area contributed by atoms with Gasteiger partial charge in [-0.05, 0) is 12.1 Å². The molecule has 2 rings (SSSR count). The number of carbonyl (C=O) groups is 1. The Kier molecular flexibility index (Phi) is 4.46. The van der Waals surface area contributed by atoms with Gasteiger partial charge in [0.15, 0.2) is 10.1 Å². The van der Waals surface area contributed by atoms with Crippen molar-refractivity contribution in [2.24, 2.45) is 0 Å². The van der Waals surface area contributed by atoms with E-state index in [4.69, 9.17) is 0 Å². The van der Waals surface area contributed by atoms with Crippen molar-refractivity contribution in [3.05, 3.63) is 23.8 Å². The maximum Gasteiger partial charge on any atom is 0.208 e. The summed E-state index contributed by atoms with van der Waals surface area (Å²) in [6.07, 6.45) is 0. The van der Waals surface area contributed by atoms with E-state index in [0.29, 0.717) is 4.34 Å². The number of phenolic OH excluding ortho intramolecular Hbond substituents is 2. The third-order valence-corrected chi connectivity index (χ3v) is 4.61. The van der Waals surface area contributed by atoms with Gasteiger partial charge in [-0.15, -0.1) is 10.2 Å². The summed E-state index contributed by atoms with van der Waals surface area (Å²) >= 11 is 2.67. The summed E-state index contributed by atoms with van der Waals surface area (Å²) in [7, 11) is 3.74. The molecule has 0 fully saturated rings. The highest BCUT2D eigenvalue weighted by atomic mass is 32.2. The van der Waals surface area contributed by atoms with Crippen molar-refractivity contribution in [2.45, 2.75) is 4.34 Å². The van der Waals surface area contributed by atoms with Gasteiger partial charge in [0, 0.05) is 20.2 Å². The summed E-state index contributed by atoms with van der Waals surface area (Å²) in [5, 5.41) is 27.5. The zero-order chi connectivity index (χ0) is 14.7. The highest BCUT2D eigenvalue weighted by Gasteiger charge is 2.14. The summed E-state index contributed by atoms with van der Waals surface area (Å²) in [6, 6.07) is 3.92. The van der Waals surface area contributed by atoms with Crippen LogP contribution in [-0.4, -0.2) is 46.0 Å². The number of aromatic hydroxyl groups is 2. The second-order valence-corrected chi connectivity index (χ2v) is 6.34. The number of ketones is 1. The van der Waals surface area contributed by atoms with Crippen molar-refractivity contribution < 1.29 is 15.0 Å². The quantitative estimate of drug-likeness (QED) is 0.645.